The Hall–Kier alpha value is -0.340. The van der Waals surface area contributed by atoms with Gasteiger partial charge in [0.15, 0.2) is 6.29 Å². The summed E-state index contributed by atoms with van der Waals surface area (Å²) in [6.07, 6.45) is 1.84. The van der Waals surface area contributed by atoms with Gasteiger partial charge in [0.2, 0.25) is 0 Å². The molecule has 12 heavy (non-hydrogen) atoms. The van der Waals surface area contributed by atoms with Gasteiger partial charge in [0, 0.05) is 5.92 Å². The molecule has 0 aliphatic carbocycles. The molecule has 1 saturated heterocycles. The van der Waals surface area contributed by atoms with Crippen molar-refractivity contribution >= 4 is 0 Å². The van der Waals surface area contributed by atoms with E-state index in [9.17, 15) is 0 Å². The van der Waals surface area contributed by atoms with Crippen molar-refractivity contribution in [2.75, 3.05) is 0 Å². The van der Waals surface area contributed by atoms with Crippen LogP contribution in [0.4, 0.5) is 0 Å². The smallest absolute Gasteiger partial charge is 0.161 e. The van der Waals surface area contributed by atoms with Crippen LogP contribution < -0.4 is 0 Å². The fourth-order valence-corrected chi connectivity index (χ4v) is 1.22. The molecule has 0 bridgehead atoms. The average molecular weight is 170 g/mol. The molecule has 2 heteroatoms. The normalized spacial score (nSPS) is 42.1. The molecule has 0 radical (unpaired) electrons. The van der Waals surface area contributed by atoms with Crippen LogP contribution in [0.2, 0.25) is 0 Å². The van der Waals surface area contributed by atoms with Crippen LogP contribution >= 0.6 is 0 Å². The zero-order valence-corrected chi connectivity index (χ0v) is 8.33. The van der Waals surface area contributed by atoms with Crippen LogP contribution in [-0.4, -0.2) is 18.0 Å². The van der Waals surface area contributed by atoms with E-state index in [0.717, 1.165) is 0 Å². The molecule has 1 fully saturated rings. The highest BCUT2D eigenvalue weighted by molar-refractivity contribution is 5.01. The summed E-state index contributed by atoms with van der Waals surface area (Å²) in [5.41, 5.74) is -0.311. The van der Waals surface area contributed by atoms with Gasteiger partial charge in [-0.15, -0.1) is 6.58 Å². The van der Waals surface area contributed by atoms with Crippen LogP contribution in [0, 0.1) is 5.92 Å². The molecular formula is C10H18O2. The van der Waals surface area contributed by atoms with Crippen molar-refractivity contribution in [2.24, 2.45) is 5.92 Å². The van der Waals surface area contributed by atoms with Crippen LogP contribution in [0.5, 0.6) is 0 Å². The highest BCUT2D eigenvalue weighted by Crippen LogP contribution is 2.33. The van der Waals surface area contributed by atoms with Crippen molar-refractivity contribution < 1.29 is 9.47 Å². The Labute approximate surface area is 74.6 Å². The quantitative estimate of drug-likeness (QED) is 0.592. The van der Waals surface area contributed by atoms with E-state index in [-0.39, 0.29) is 18.0 Å². The second-order valence-electron chi connectivity index (χ2n) is 3.90. The first-order valence-electron chi connectivity index (χ1n) is 4.46. The maximum atomic E-state index is 5.73. The van der Waals surface area contributed by atoms with Crippen LogP contribution in [0.15, 0.2) is 12.7 Å². The SMILES string of the molecule is C=C[C@@]1(C)O[C@H](C(C)C)O[C@@H]1C. The van der Waals surface area contributed by atoms with Crippen molar-refractivity contribution in [3.8, 4) is 0 Å². The summed E-state index contributed by atoms with van der Waals surface area (Å²) in [6.45, 7) is 12.0. The summed E-state index contributed by atoms with van der Waals surface area (Å²) >= 11 is 0. The summed E-state index contributed by atoms with van der Waals surface area (Å²) < 4.78 is 11.4. The minimum atomic E-state index is -0.311. The molecule has 1 aliphatic heterocycles. The lowest BCUT2D eigenvalue weighted by Crippen LogP contribution is -2.31. The standard InChI is InChI=1S/C10H18O2/c1-6-10(5)8(4)11-9(12-10)7(2)3/h6-9H,1H2,2-5H3/t8-,9-,10-/m1/s1. The van der Waals surface area contributed by atoms with Crippen LogP contribution in [0.1, 0.15) is 27.7 Å². The van der Waals surface area contributed by atoms with E-state index in [0.29, 0.717) is 5.92 Å². The van der Waals surface area contributed by atoms with Gasteiger partial charge in [0.25, 0.3) is 0 Å². The van der Waals surface area contributed by atoms with Gasteiger partial charge in [-0.3, -0.25) is 0 Å². The zero-order valence-electron chi connectivity index (χ0n) is 8.33. The Bertz CT molecular complexity index is 177. The lowest BCUT2D eigenvalue weighted by Gasteiger charge is -2.21. The van der Waals surface area contributed by atoms with E-state index in [1.165, 1.54) is 0 Å². The second-order valence-corrected chi connectivity index (χ2v) is 3.90. The summed E-state index contributed by atoms with van der Waals surface area (Å²) in [5.74, 6) is 0.397. The van der Waals surface area contributed by atoms with Crippen LogP contribution in [0.3, 0.4) is 0 Å². The van der Waals surface area contributed by atoms with E-state index in [1.54, 1.807) is 0 Å². The second kappa shape index (κ2) is 3.19. The summed E-state index contributed by atoms with van der Waals surface area (Å²) in [6, 6.07) is 0. The van der Waals surface area contributed by atoms with E-state index in [2.05, 4.69) is 20.4 Å². The van der Waals surface area contributed by atoms with E-state index >= 15 is 0 Å². The first-order valence-corrected chi connectivity index (χ1v) is 4.46. The first-order chi connectivity index (χ1) is 5.49. The summed E-state index contributed by atoms with van der Waals surface area (Å²) in [5, 5.41) is 0. The maximum absolute atomic E-state index is 5.73. The van der Waals surface area contributed by atoms with E-state index in [4.69, 9.17) is 9.47 Å². The molecule has 0 aromatic heterocycles. The predicted molar refractivity (Wildman–Crippen MR) is 48.9 cm³/mol. The molecule has 0 aromatic rings. The van der Waals surface area contributed by atoms with E-state index < -0.39 is 0 Å². The minimum Gasteiger partial charge on any atom is -0.346 e. The van der Waals surface area contributed by atoms with Gasteiger partial charge in [-0.2, -0.15) is 0 Å². The molecule has 2 nitrogen and oxygen atoms in total. The van der Waals surface area contributed by atoms with Crippen molar-refractivity contribution in [2.45, 2.75) is 45.7 Å². The molecule has 1 aliphatic rings. The Morgan fingerprint density at radius 2 is 2.08 bits per heavy atom. The summed E-state index contributed by atoms with van der Waals surface area (Å²) in [4.78, 5) is 0. The highest BCUT2D eigenvalue weighted by atomic mass is 16.7. The molecular weight excluding hydrogens is 152 g/mol. The lowest BCUT2D eigenvalue weighted by atomic mass is 10.0. The fourth-order valence-electron chi connectivity index (χ4n) is 1.22. The van der Waals surface area contributed by atoms with E-state index in [1.807, 2.05) is 19.9 Å². The van der Waals surface area contributed by atoms with Gasteiger partial charge < -0.3 is 9.47 Å². The lowest BCUT2D eigenvalue weighted by molar-refractivity contribution is -0.102. The molecule has 0 unspecified atom stereocenters. The average Bonchev–Trinajstić information content (AvgIpc) is 2.30. The molecule has 0 spiro atoms. The molecule has 1 heterocycles. The number of hydrogen-bond acceptors (Lipinski definition) is 2. The molecule has 70 valence electrons. The molecule has 1 rings (SSSR count). The Kier molecular flexibility index (Phi) is 2.59. The maximum Gasteiger partial charge on any atom is 0.161 e. The summed E-state index contributed by atoms with van der Waals surface area (Å²) in [7, 11) is 0. The topological polar surface area (TPSA) is 18.5 Å². The van der Waals surface area contributed by atoms with Gasteiger partial charge in [-0.05, 0) is 13.8 Å². The predicted octanol–water partition coefficient (Wildman–Crippen LogP) is 2.35. The number of hydrogen-bond donors (Lipinski definition) is 0. The van der Waals surface area contributed by atoms with Gasteiger partial charge in [0.1, 0.15) is 5.60 Å². The number of rotatable bonds is 2. The van der Waals surface area contributed by atoms with Crippen molar-refractivity contribution in [1.29, 1.82) is 0 Å². The highest BCUT2D eigenvalue weighted by Gasteiger charge is 2.42. The monoisotopic (exact) mass is 170 g/mol. The largest absolute Gasteiger partial charge is 0.346 e. The zero-order chi connectivity index (χ0) is 9.35. The molecule has 0 N–H and O–H groups in total. The van der Waals surface area contributed by atoms with Crippen molar-refractivity contribution in [3.05, 3.63) is 12.7 Å². The van der Waals surface area contributed by atoms with Gasteiger partial charge >= 0.3 is 0 Å². The van der Waals surface area contributed by atoms with Gasteiger partial charge in [-0.25, -0.2) is 0 Å². The molecule has 0 aromatic carbocycles. The Balaban J connectivity index is 2.68. The molecule has 0 saturated carbocycles. The molecule has 0 amide bonds. The number of ether oxygens (including phenoxy) is 2. The fraction of sp³-hybridized carbons (Fsp3) is 0.800. The van der Waals surface area contributed by atoms with Gasteiger partial charge in [0.05, 0.1) is 6.10 Å². The first kappa shape index (κ1) is 9.75. The minimum absolute atomic E-state index is 0.0806. The van der Waals surface area contributed by atoms with Crippen molar-refractivity contribution in [1.82, 2.24) is 0 Å². The van der Waals surface area contributed by atoms with Gasteiger partial charge in [-0.1, -0.05) is 19.9 Å². The van der Waals surface area contributed by atoms with Crippen LogP contribution in [-0.2, 0) is 9.47 Å². The van der Waals surface area contributed by atoms with Crippen molar-refractivity contribution in [3.63, 3.8) is 0 Å². The third-order valence-corrected chi connectivity index (χ3v) is 2.47. The third-order valence-electron chi connectivity index (χ3n) is 2.47. The third kappa shape index (κ3) is 1.54. The Morgan fingerprint density at radius 1 is 1.50 bits per heavy atom. The Morgan fingerprint density at radius 3 is 2.33 bits per heavy atom. The van der Waals surface area contributed by atoms with Crippen LogP contribution in [0.25, 0.3) is 0 Å². The molecule has 3 atom stereocenters.